The molecule has 2 aromatic heterocycles. The van der Waals surface area contributed by atoms with Crippen LogP contribution in [0.15, 0.2) is 58.5 Å². The molecule has 0 aliphatic carbocycles. The van der Waals surface area contributed by atoms with Gasteiger partial charge in [0.2, 0.25) is 0 Å². The summed E-state index contributed by atoms with van der Waals surface area (Å²) >= 11 is 12.6. The van der Waals surface area contributed by atoms with Gasteiger partial charge in [0.25, 0.3) is 5.56 Å². The molecule has 0 saturated carbocycles. The molecule has 2 N–H and O–H groups in total. The van der Waals surface area contributed by atoms with E-state index in [0.717, 1.165) is 10.3 Å². The summed E-state index contributed by atoms with van der Waals surface area (Å²) in [5, 5.41) is 4.80. The maximum atomic E-state index is 13.2. The number of aromatic nitrogens is 3. The highest BCUT2D eigenvalue weighted by molar-refractivity contribution is 6.39. The number of oxime groups is 1. The average molecular weight is 470 g/mol. The van der Waals surface area contributed by atoms with Crippen LogP contribution in [-0.2, 0) is 4.84 Å². The van der Waals surface area contributed by atoms with E-state index in [-0.39, 0.29) is 17.0 Å². The summed E-state index contributed by atoms with van der Waals surface area (Å²) in [7, 11) is 2.83. The Labute approximate surface area is 192 Å². The van der Waals surface area contributed by atoms with Crippen molar-refractivity contribution < 1.29 is 9.68 Å². The van der Waals surface area contributed by atoms with Crippen LogP contribution in [0.2, 0.25) is 10.0 Å². The highest BCUT2D eigenvalue weighted by Crippen LogP contribution is 2.34. The van der Waals surface area contributed by atoms with E-state index >= 15 is 0 Å². The number of hydrogen-bond acceptors (Lipinski definition) is 7. The summed E-state index contributed by atoms with van der Waals surface area (Å²) in [6.07, 6.45) is 1.57. The van der Waals surface area contributed by atoms with Crippen molar-refractivity contribution >= 4 is 46.3 Å². The average Bonchev–Trinajstić information content (AvgIpc) is 2.78. The first-order valence-corrected chi connectivity index (χ1v) is 10.1. The monoisotopic (exact) mass is 469 g/mol. The number of nitrogens with two attached hydrogens (primary N) is 1. The fraction of sp³-hybridized carbons (Fsp3) is 0.0909. The number of rotatable bonds is 5. The van der Waals surface area contributed by atoms with Crippen molar-refractivity contribution in [3.05, 3.63) is 74.5 Å². The van der Waals surface area contributed by atoms with Gasteiger partial charge in [-0.3, -0.25) is 4.79 Å². The van der Waals surface area contributed by atoms with E-state index in [4.69, 9.17) is 33.8 Å². The van der Waals surface area contributed by atoms with Gasteiger partial charge in [-0.1, -0.05) is 58.7 Å². The number of benzene rings is 2. The second-order valence-corrected chi connectivity index (χ2v) is 7.46. The zero-order valence-corrected chi connectivity index (χ0v) is 18.6. The molecule has 0 aliphatic rings. The van der Waals surface area contributed by atoms with Crippen LogP contribution in [-0.4, -0.2) is 35.1 Å². The van der Waals surface area contributed by atoms with Crippen molar-refractivity contribution in [2.45, 2.75) is 0 Å². The molecule has 4 aromatic rings. The number of pyridine rings is 1. The lowest BCUT2D eigenvalue weighted by Crippen LogP contribution is -2.27. The fourth-order valence-corrected chi connectivity index (χ4v) is 3.84. The van der Waals surface area contributed by atoms with Crippen LogP contribution in [0.25, 0.3) is 33.5 Å². The van der Waals surface area contributed by atoms with Crippen molar-refractivity contribution in [3.8, 4) is 22.5 Å². The SMILES string of the molecule is CON=Cc1ccc(-c2nc(N)c3cc(-c4c(Cl)cccc4Cl)c(=O)n(OC)c3n2)cc1. The van der Waals surface area contributed by atoms with Crippen LogP contribution >= 0.6 is 23.2 Å². The molecule has 4 rings (SSSR count). The number of nitrogens with zero attached hydrogens (tertiary/aromatic N) is 4. The van der Waals surface area contributed by atoms with Gasteiger partial charge in [-0.2, -0.15) is 0 Å². The first kappa shape index (κ1) is 21.6. The molecule has 0 radical (unpaired) electrons. The largest absolute Gasteiger partial charge is 0.412 e. The van der Waals surface area contributed by atoms with E-state index in [0.29, 0.717) is 32.4 Å². The van der Waals surface area contributed by atoms with Crippen molar-refractivity contribution in [2.24, 2.45) is 5.16 Å². The number of hydrogen-bond donors (Lipinski definition) is 1. The Morgan fingerprint density at radius 2 is 1.75 bits per heavy atom. The molecular formula is C22H17Cl2N5O3. The summed E-state index contributed by atoms with van der Waals surface area (Å²) in [4.78, 5) is 32.2. The first-order chi connectivity index (χ1) is 15.4. The number of fused-ring (bicyclic) bond motifs is 1. The normalized spacial score (nSPS) is 11.2. The van der Waals surface area contributed by atoms with Crippen LogP contribution in [0, 0.1) is 0 Å². The highest BCUT2D eigenvalue weighted by atomic mass is 35.5. The third kappa shape index (κ3) is 3.86. The summed E-state index contributed by atoms with van der Waals surface area (Å²) in [6, 6.07) is 13.8. The second-order valence-electron chi connectivity index (χ2n) is 6.65. The van der Waals surface area contributed by atoms with Gasteiger partial charge in [-0.05, 0) is 23.8 Å². The molecule has 162 valence electrons. The van der Waals surface area contributed by atoms with Gasteiger partial charge < -0.3 is 15.4 Å². The smallest absolute Gasteiger partial charge is 0.293 e. The van der Waals surface area contributed by atoms with E-state index in [9.17, 15) is 4.79 Å². The molecule has 0 bridgehead atoms. The van der Waals surface area contributed by atoms with Crippen molar-refractivity contribution in [2.75, 3.05) is 20.0 Å². The van der Waals surface area contributed by atoms with E-state index in [1.807, 2.05) is 24.3 Å². The summed E-state index contributed by atoms with van der Waals surface area (Å²) < 4.78 is 1.05. The lowest BCUT2D eigenvalue weighted by Gasteiger charge is -2.14. The molecule has 32 heavy (non-hydrogen) atoms. The number of anilines is 1. The Morgan fingerprint density at radius 1 is 1.06 bits per heavy atom. The Bertz CT molecular complexity index is 1380. The molecule has 2 heterocycles. The first-order valence-electron chi connectivity index (χ1n) is 9.33. The Hall–Kier alpha value is -3.62. The van der Waals surface area contributed by atoms with Gasteiger partial charge in [0.1, 0.15) is 20.0 Å². The molecule has 0 aliphatic heterocycles. The van der Waals surface area contributed by atoms with Gasteiger partial charge in [0, 0.05) is 11.1 Å². The van der Waals surface area contributed by atoms with E-state index in [1.165, 1.54) is 14.2 Å². The Morgan fingerprint density at radius 3 is 2.38 bits per heavy atom. The standard InChI is InChI=1S/C22H17Cl2N5O3/c1-31-26-11-12-6-8-13(9-7-12)20-27-19(25)15-10-14(18-16(23)4-3-5-17(18)24)22(30)29(32-2)21(15)28-20/h3-11H,1-2H3,(H2,25,27,28). The van der Waals surface area contributed by atoms with E-state index in [1.54, 1.807) is 30.5 Å². The molecule has 0 fully saturated rings. The van der Waals surface area contributed by atoms with Gasteiger partial charge in [0.15, 0.2) is 11.5 Å². The van der Waals surface area contributed by atoms with Crippen molar-refractivity contribution in [3.63, 3.8) is 0 Å². The lowest BCUT2D eigenvalue weighted by molar-refractivity contribution is 0.168. The van der Waals surface area contributed by atoms with Crippen LogP contribution in [0.1, 0.15) is 5.56 Å². The Balaban J connectivity index is 1.92. The maximum Gasteiger partial charge on any atom is 0.293 e. The van der Waals surface area contributed by atoms with Crippen molar-refractivity contribution in [1.29, 1.82) is 0 Å². The third-order valence-electron chi connectivity index (χ3n) is 4.74. The fourth-order valence-electron chi connectivity index (χ4n) is 3.24. The predicted octanol–water partition coefficient (Wildman–Crippen LogP) is 4.05. The van der Waals surface area contributed by atoms with Gasteiger partial charge in [-0.25, -0.2) is 9.97 Å². The third-order valence-corrected chi connectivity index (χ3v) is 5.37. The Kier molecular flexibility index (Phi) is 5.98. The topological polar surface area (TPSA) is 105 Å². The molecule has 10 heteroatoms. The van der Waals surface area contributed by atoms with Gasteiger partial charge in [-0.15, -0.1) is 4.73 Å². The maximum absolute atomic E-state index is 13.2. The number of halogens is 2. The second kappa shape index (κ2) is 8.86. The molecule has 0 unspecified atom stereocenters. The molecule has 0 amide bonds. The summed E-state index contributed by atoms with van der Waals surface area (Å²) in [6.45, 7) is 0. The summed E-state index contributed by atoms with van der Waals surface area (Å²) in [5.41, 5.74) is 8.13. The van der Waals surface area contributed by atoms with Crippen LogP contribution in [0.3, 0.4) is 0 Å². The zero-order chi connectivity index (χ0) is 22.8. The highest BCUT2D eigenvalue weighted by Gasteiger charge is 2.20. The zero-order valence-electron chi connectivity index (χ0n) is 17.0. The quantitative estimate of drug-likeness (QED) is 0.349. The van der Waals surface area contributed by atoms with Crippen LogP contribution in [0.4, 0.5) is 5.82 Å². The molecule has 0 spiro atoms. The van der Waals surface area contributed by atoms with E-state index in [2.05, 4.69) is 20.0 Å². The molecule has 2 aromatic carbocycles. The molecular weight excluding hydrogens is 453 g/mol. The van der Waals surface area contributed by atoms with Crippen LogP contribution in [0.5, 0.6) is 0 Å². The lowest BCUT2D eigenvalue weighted by atomic mass is 10.1. The molecule has 0 saturated heterocycles. The van der Waals surface area contributed by atoms with Crippen LogP contribution < -0.4 is 16.1 Å². The molecule has 8 nitrogen and oxygen atoms in total. The van der Waals surface area contributed by atoms with Gasteiger partial charge >= 0.3 is 0 Å². The minimum absolute atomic E-state index is 0.172. The predicted molar refractivity (Wildman–Crippen MR) is 126 cm³/mol. The van der Waals surface area contributed by atoms with Crippen molar-refractivity contribution in [1.82, 2.24) is 14.7 Å². The minimum atomic E-state index is -0.481. The van der Waals surface area contributed by atoms with E-state index < -0.39 is 5.56 Å². The minimum Gasteiger partial charge on any atom is -0.412 e. The summed E-state index contributed by atoms with van der Waals surface area (Å²) in [5.74, 6) is 0.504. The van der Waals surface area contributed by atoms with Gasteiger partial charge in [0.05, 0.1) is 27.2 Å². The molecule has 0 atom stereocenters. The number of nitrogen functional groups attached to an aromatic ring is 1.